The van der Waals surface area contributed by atoms with Crippen LogP contribution < -0.4 is 5.32 Å². The van der Waals surface area contributed by atoms with Gasteiger partial charge in [-0.15, -0.1) is 0 Å². The topological polar surface area (TPSA) is 52.0 Å². The maximum absolute atomic E-state index is 8.81. The Balaban J connectivity index is 1.93. The minimum atomic E-state index is 0.330. The smallest absolute Gasteiger partial charge is 0.142 e. The van der Waals surface area contributed by atoms with Gasteiger partial charge in [-0.05, 0) is 50.5 Å². The Bertz CT molecular complexity index is 441. The average Bonchev–Trinajstić information content (AvgIpc) is 2.41. The second kappa shape index (κ2) is 5.36. The van der Waals surface area contributed by atoms with Crippen molar-refractivity contribution in [2.24, 2.45) is 5.41 Å². The third-order valence-corrected chi connectivity index (χ3v) is 3.75. The van der Waals surface area contributed by atoms with Crippen LogP contribution in [-0.2, 0) is 0 Å². The van der Waals surface area contributed by atoms with Gasteiger partial charge in [0.25, 0.3) is 0 Å². The first-order valence-corrected chi connectivity index (χ1v) is 6.41. The molecule has 2 rings (SSSR count). The molecule has 1 saturated heterocycles. The third kappa shape index (κ3) is 3.21. The molecule has 0 amide bonds. The molecule has 0 spiro atoms. The van der Waals surface area contributed by atoms with Crippen molar-refractivity contribution >= 4 is 5.82 Å². The van der Waals surface area contributed by atoms with Gasteiger partial charge in [-0.3, -0.25) is 0 Å². The Morgan fingerprint density at radius 2 is 2.17 bits per heavy atom. The zero-order chi connectivity index (χ0) is 13.0. The third-order valence-electron chi connectivity index (χ3n) is 3.75. The Kier molecular flexibility index (Phi) is 3.83. The lowest BCUT2D eigenvalue weighted by Gasteiger charge is -2.38. The molecule has 0 unspecified atom stereocenters. The molecule has 0 aliphatic carbocycles. The zero-order valence-corrected chi connectivity index (χ0v) is 11.1. The number of hydrogen-bond donors (Lipinski definition) is 1. The van der Waals surface area contributed by atoms with Gasteiger partial charge in [0.15, 0.2) is 0 Å². The summed E-state index contributed by atoms with van der Waals surface area (Å²) in [4.78, 5) is 6.61. The summed E-state index contributed by atoms with van der Waals surface area (Å²) in [6.45, 7) is 5.55. The van der Waals surface area contributed by atoms with Gasteiger partial charge in [-0.1, -0.05) is 13.0 Å². The Hall–Kier alpha value is -1.60. The van der Waals surface area contributed by atoms with Gasteiger partial charge in [0.05, 0.1) is 0 Å². The number of anilines is 1. The van der Waals surface area contributed by atoms with E-state index in [4.69, 9.17) is 5.26 Å². The summed E-state index contributed by atoms with van der Waals surface area (Å²) >= 11 is 0. The van der Waals surface area contributed by atoms with E-state index in [1.54, 1.807) is 6.07 Å². The molecule has 1 fully saturated rings. The lowest BCUT2D eigenvalue weighted by molar-refractivity contribution is 0.150. The van der Waals surface area contributed by atoms with Gasteiger partial charge < -0.3 is 10.2 Å². The maximum atomic E-state index is 8.81. The number of piperidine rings is 1. The predicted octanol–water partition coefficient (Wildman–Crippen LogP) is 2.10. The molecule has 1 aliphatic rings. The van der Waals surface area contributed by atoms with Crippen LogP contribution in [-0.4, -0.2) is 36.6 Å². The minimum absolute atomic E-state index is 0.330. The first-order chi connectivity index (χ1) is 8.61. The van der Waals surface area contributed by atoms with Crippen LogP contribution >= 0.6 is 0 Å². The molecule has 0 atom stereocenters. The first-order valence-electron chi connectivity index (χ1n) is 6.41. The van der Waals surface area contributed by atoms with Crippen LogP contribution in [0.4, 0.5) is 5.82 Å². The summed E-state index contributed by atoms with van der Waals surface area (Å²) in [5, 5.41) is 12.2. The average molecular weight is 244 g/mol. The fraction of sp³-hybridized carbons (Fsp3) is 0.571. The number of hydrogen-bond acceptors (Lipinski definition) is 4. The first kappa shape index (κ1) is 12.8. The van der Waals surface area contributed by atoms with Crippen molar-refractivity contribution < 1.29 is 0 Å². The van der Waals surface area contributed by atoms with Crippen molar-refractivity contribution in [3.8, 4) is 6.07 Å². The van der Waals surface area contributed by atoms with E-state index >= 15 is 0 Å². The van der Waals surface area contributed by atoms with E-state index < -0.39 is 0 Å². The van der Waals surface area contributed by atoms with Crippen LogP contribution in [0.2, 0.25) is 0 Å². The van der Waals surface area contributed by atoms with E-state index in [1.807, 2.05) is 12.1 Å². The highest BCUT2D eigenvalue weighted by molar-refractivity contribution is 5.38. The number of nitrogens with zero attached hydrogens (tertiary/aromatic N) is 3. The van der Waals surface area contributed by atoms with Crippen LogP contribution in [0.5, 0.6) is 0 Å². The Morgan fingerprint density at radius 3 is 2.83 bits per heavy atom. The summed E-state index contributed by atoms with van der Waals surface area (Å²) < 4.78 is 0. The summed E-state index contributed by atoms with van der Waals surface area (Å²) in [6.07, 6.45) is 2.41. The molecule has 2 heterocycles. The molecule has 0 saturated carbocycles. The van der Waals surface area contributed by atoms with E-state index in [0.717, 1.165) is 25.5 Å². The second-order valence-electron chi connectivity index (χ2n) is 5.49. The van der Waals surface area contributed by atoms with E-state index in [1.165, 1.54) is 12.8 Å². The van der Waals surface area contributed by atoms with Crippen molar-refractivity contribution in [2.75, 3.05) is 32.0 Å². The van der Waals surface area contributed by atoms with Gasteiger partial charge in [0.2, 0.25) is 0 Å². The standard InChI is InChI=1S/C14H20N4/c1-14(6-8-18(2)9-7-14)11-16-13-5-3-4-12(10-15)17-13/h3-5H,6-9,11H2,1-2H3,(H,16,17). The highest BCUT2D eigenvalue weighted by atomic mass is 15.1. The Labute approximate surface area is 109 Å². The lowest BCUT2D eigenvalue weighted by atomic mass is 9.80. The van der Waals surface area contributed by atoms with Crippen LogP contribution in [0.15, 0.2) is 18.2 Å². The quantitative estimate of drug-likeness (QED) is 0.884. The molecule has 0 bridgehead atoms. The van der Waals surface area contributed by atoms with Crippen LogP contribution in [0.25, 0.3) is 0 Å². The largest absolute Gasteiger partial charge is 0.369 e. The molecule has 4 nitrogen and oxygen atoms in total. The number of nitrogens with one attached hydrogen (secondary N) is 1. The monoisotopic (exact) mass is 244 g/mol. The highest BCUT2D eigenvalue weighted by Crippen LogP contribution is 2.30. The molecule has 0 aromatic carbocycles. The molecule has 4 heteroatoms. The minimum Gasteiger partial charge on any atom is -0.369 e. The summed E-state index contributed by atoms with van der Waals surface area (Å²) in [7, 11) is 2.17. The van der Waals surface area contributed by atoms with E-state index in [2.05, 4.69) is 35.2 Å². The fourth-order valence-electron chi connectivity index (χ4n) is 2.23. The van der Waals surface area contributed by atoms with Crippen molar-refractivity contribution in [2.45, 2.75) is 19.8 Å². The van der Waals surface area contributed by atoms with E-state index in [-0.39, 0.29) is 0 Å². The normalized spacial score (nSPS) is 19.2. The van der Waals surface area contributed by atoms with Crippen molar-refractivity contribution in [1.29, 1.82) is 5.26 Å². The molecule has 0 radical (unpaired) electrons. The summed E-state index contributed by atoms with van der Waals surface area (Å²) in [6, 6.07) is 7.57. The van der Waals surface area contributed by atoms with Crippen LogP contribution in [0, 0.1) is 16.7 Å². The SMILES string of the molecule is CN1CCC(C)(CNc2cccc(C#N)n2)CC1. The van der Waals surface area contributed by atoms with Gasteiger partial charge in [0, 0.05) is 6.54 Å². The van der Waals surface area contributed by atoms with Gasteiger partial charge >= 0.3 is 0 Å². The number of likely N-dealkylation sites (tertiary alicyclic amines) is 1. The zero-order valence-electron chi connectivity index (χ0n) is 11.1. The molecule has 18 heavy (non-hydrogen) atoms. The van der Waals surface area contributed by atoms with E-state index in [0.29, 0.717) is 11.1 Å². The number of aromatic nitrogens is 1. The van der Waals surface area contributed by atoms with Gasteiger partial charge in [-0.2, -0.15) is 5.26 Å². The predicted molar refractivity (Wildman–Crippen MR) is 72.3 cm³/mol. The molecule has 1 N–H and O–H groups in total. The lowest BCUT2D eigenvalue weighted by Crippen LogP contribution is -2.40. The molecule has 96 valence electrons. The maximum Gasteiger partial charge on any atom is 0.142 e. The number of pyridine rings is 1. The number of nitriles is 1. The summed E-state index contributed by atoms with van der Waals surface area (Å²) in [5.41, 5.74) is 0.796. The second-order valence-corrected chi connectivity index (χ2v) is 5.49. The fourth-order valence-corrected chi connectivity index (χ4v) is 2.23. The molecular weight excluding hydrogens is 224 g/mol. The van der Waals surface area contributed by atoms with Crippen LogP contribution in [0.1, 0.15) is 25.5 Å². The molecule has 1 aromatic heterocycles. The van der Waals surface area contributed by atoms with Crippen LogP contribution in [0.3, 0.4) is 0 Å². The molecule has 1 aromatic rings. The van der Waals surface area contributed by atoms with Gasteiger partial charge in [-0.25, -0.2) is 4.98 Å². The molecule has 1 aliphatic heterocycles. The summed E-state index contributed by atoms with van der Waals surface area (Å²) in [5.74, 6) is 0.800. The van der Waals surface area contributed by atoms with Crippen molar-refractivity contribution in [3.63, 3.8) is 0 Å². The molecular formula is C14H20N4. The van der Waals surface area contributed by atoms with E-state index in [9.17, 15) is 0 Å². The number of rotatable bonds is 3. The van der Waals surface area contributed by atoms with Gasteiger partial charge in [0.1, 0.15) is 17.6 Å². The van der Waals surface area contributed by atoms with Crippen molar-refractivity contribution in [3.05, 3.63) is 23.9 Å². The van der Waals surface area contributed by atoms with Crippen molar-refractivity contribution in [1.82, 2.24) is 9.88 Å². The highest BCUT2D eigenvalue weighted by Gasteiger charge is 2.28. The Morgan fingerprint density at radius 1 is 1.44 bits per heavy atom.